The van der Waals surface area contributed by atoms with Crippen molar-refractivity contribution in [2.45, 2.75) is 67.7 Å². The highest BCUT2D eigenvalue weighted by Crippen LogP contribution is 2.47. The second-order valence-corrected chi connectivity index (χ2v) is 10.9. The Bertz CT molecular complexity index is 1520. The fraction of sp³-hybridized carbons (Fsp3) is 0.333. The average Bonchev–Trinajstić information content (AvgIpc) is 4.11. The van der Waals surface area contributed by atoms with Crippen LogP contribution < -0.4 is 21.3 Å². The number of carbonyl (C=O) groups excluding carboxylic acids is 4. The fourth-order valence-corrected chi connectivity index (χ4v) is 4.30. The summed E-state index contributed by atoms with van der Waals surface area (Å²) in [5, 5.41) is 10.6. The van der Waals surface area contributed by atoms with Gasteiger partial charge in [0.15, 0.2) is 0 Å². The van der Waals surface area contributed by atoms with Crippen molar-refractivity contribution in [3.05, 3.63) is 133 Å². The zero-order chi connectivity index (χ0) is 37.4. The van der Waals surface area contributed by atoms with Gasteiger partial charge in [-0.05, 0) is 69.0 Å². The quantitative estimate of drug-likeness (QED) is 0.151. The molecule has 2 saturated carbocycles. The van der Waals surface area contributed by atoms with E-state index in [0.717, 1.165) is 16.9 Å². The van der Waals surface area contributed by atoms with Crippen molar-refractivity contribution < 1.29 is 23.6 Å². The topological polar surface area (TPSA) is 116 Å². The SMILES string of the molecule is C.CC.CC.CNC(=O)C1(C(=O)Nc2ccc(C)cc2)CC1.CNC(=O)C1(C(=O)Nc2ccccc2)CC1.Fc1ccccc1.c1ccccc1. The molecule has 6 rings (SSSR count). The maximum Gasteiger partial charge on any atom is 0.240 e. The molecule has 51 heavy (non-hydrogen) atoms. The van der Waals surface area contributed by atoms with Gasteiger partial charge in [0.05, 0.1) is 0 Å². The maximum atomic E-state index is 12.0. The Kier molecular flexibility index (Phi) is 22.2. The minimum Gasteiger partial charge on any atom is -0.358 e. The van der Waals surface area contributed by atoms with Crippen LogP contribution in [0.5, 0.6) is 0 Å². The van der Waals surface area contributed by atoms with Gasteiger partial charge in [-0.25, -0.2) is 4.39 Å². The van der Waals surface area contributed by atoms with E-state index in [9.17, 15) is 23.6 Å². The van der Waals surface area contributed by atoms with Gasteiger partial charge in [0.1, 0.15) is 16.6 Å². The molecule has 0 saturated heterocycles. The zero-order valence-electron chi connectivity index (χ0n) is 30.4. The van der Waals surface area contributed by atoms with Gasteiger partial charge in [-0.3, -0.25) is 19.2 Å². The molecule has 0 atom stereocenters. The van der Waals surface area contributed by atoms with Crippen LogP contribution in [0.4, 0.5) is 15.8 Å². The number of rotatable bonds is 6. The molecule has 2 fully saturated rings. The summed E-state index contributed by atoms with van der Waals surface area (Å²) >= 11 is 0. The number of benzene rings is 4. The van der Waals surface area contributed by atoms with E-state index >= 15 is 0 Å². The van der Waals surface area contributed by atoms with Crippen LogP contribution in [0.2, 0.25) is 0 Å². The first-order valence-electron chi connectivity index (χ1n) is 17.1. The van der Waals surface area contributed by atoms with Gasteiger partial charge < -0.3 is 21.3 Å². The Hall–Kier alpha value is -5.31. The first-order valence-corrected chi connectivity index (χ1v) is 17.1. The number of halogens is 1. The summed E-state index contributed by atoms with van der Waals surface area (Å²) < 4.78 is 11.9. The van der Waals surface area contributed by atoms with Crippen molar-refractivity contribution in [2.24, 2.45) is 10.8 Å². The lowest BCUT2D eigenvalue weighted by Crippen LogP contribution is -2.38. The van der Waals surface area contributed by atoms with Crippen molar-refractivity contribution in [1.29, 1.82) is 0 Å². The van der Waals surface area contributed by atoms with Gasteiger partial charge in [0.2, 0.25) is 23.6 Å². The molecule has 9 heteroatoms. The number of carbonyl (C=O) groups is 4. The van der Waals surface area contributed by atoms with E-state index in [4.69, 9.17) is 0 Å². The third-order valence-electron chi connectivity index (χ3n) is 7.43. The average molecular weight is 701 g/mol. The molecule has 0 unspecified atom stereocenters. The van der Waals surface area contributed by atoms with E-state index in [0.29, 0.717) is 25.7 Å². The summed E-state index contributed by atoms with van der Waals surface area (Å²) in [5.41, 5.74) is 0.929. The molecule has 0 aliphatic heterocycles. The molecule has 4 aromatic rings. The number of hydrogen-bond donors (Lipinski definition) is 4. The Morgan fingerprint density at radius 2 is 0.784 bits per heavy atom. The number of aryl methyl sites for hydroxylation is 1. The van der Waals surface area contributed by atoms with E-state index in [2.05, 4.69) is 21.3 Å². The molecular formula is C42H57FN4O4. The Balaban J connectivity index is 0.000000674. The predicted molar refractivity (Wildman–Crippen MR) is 209 cm³/mol. The lowest BCUT2D eigenvalue weighted by atomic mass is 10.1. The standard InChI is InChI=1S/C13H16N2O2.C12H14N2O2.C6H5F.C6H6.2C2H6.CH4/c1-9-3-5-10(6-4-9)15-12(17)13(7-8-13)11(16)14-2;1-13-10(15)12(7-8-12)11(16)14-9-5-3-2-4-6-9;7-6-4-2-1-3-5-6;1-2-4-6-5-3-1;2*1-2;/h3-6H,7-8H2,1-2H3,(H,14,16)(H,15,17);2-6H,7-8H2,1H3,(H,13,15)(H,14,16);1-5H;1-6H;2*1-2H3;1H4. The molecule has 2 aliphatic carbocycles. The van der Waals surface area contributed by atoms with Gasteiger partial charge in [-0.2, -0.15) is 0 Å². The van der Waals surface area contributed by atoms with Gasteiger partial charge in [0.25, 0.3) is 0 Å². The molecule has 0 aromatic heterocycles. The van der Waals surface area contributed by atoms with Gasteiger partial charge >= 0.3 is 0 Å². The van der Waals surface area contributed by atoms with Crippen LogP contribution >= 0.6 is 0 Å². The highest BCUT2D eigenvalue weighted by Gasteiger charge is 2.56. The predicted octanol–water partition coefficient (Wildman–Crippen LogP) is 8.81. The first kappa shape index (κ1) is 45.7. The third kappa shape index (κ3) is 15.4. The molecule has 0 bridgehead atoms. The van der Waals surface area contributed by atoms with Crippen LogP contribution in [0.15, 0.2) is 121 Å². The second kappa shape index (κ2) is 24.8. The van der Waals surface area contributed by atoms with E-state index < -0.39 is 10.8 Å². The lowest BCUT2D eigenvalue weighted by molar-refractivity contribution is -0.135. The normalized spacial score (nSPS) is 12.9. The van der Waals surface area contributed by atoms with Crippen molar-refractivity contribution >= 4 is 35.0 Å². The minimum atomic E-state index is -0.834. The second-order valence-electron chi connectivity index (χ2n) is 10.9. The van der Waals surface area contributed by atoms with E-state index in [-0.39, 0.29) is 36.9 Å². The highest BCUT2D eigenvalue weighted by molar-refractivity contribution is 6.13. The maximum absolute atomic E-state index is 12.0. The lowest BCUT2D eigenvalue weighted by Gasteiger charge is -2.13. The summed E-state index contributed by atoms with van der Waals surface area (Å²) in [6.45, 7) is 9.98. The van der Waals surface area contributed by atoms with Crippen LogP contribution in [-0.2, 0) is 19.2 Å². The molecule has 0 heterocycles. The Morgan fingerprint density at radius 1 is 0.490 bits per heavy atom. The van der Waals surface area contributed by atoms with Gasteiger partial charge in [-0.15, -0.1) is 0 Å². The van der Waals surface area contributed by atoms with Gasteiger partial charge in [-0.1, -0.05) is 126 Å². The molecule has 0 radical (unpaired) electrons. The Labute approximate surface area is 304 Å². The van der Waals surface area contributed by atoms with Gasteiger partial charge in [0, 0.05) is 25.5 Å². The van der Waals surface area contributed by atoms with E-state index in [1.165, 1.54) is 12.1 Å². The molecule has 2 aliphatic rings. The summed E-state index contributed by atoms with van der Waals surface area (Å²) in [6.07, 6.45) is 2.52. The largest absolute Gasteiger partial charge is 0.358 e. The third-order valence-corrected chi connectivity index (χ3v) is 7.43. The molecule has 8 nitrogen and oxygen atoms in total. The molecular weight excluding hydrogens is 643 g/mol. The van der Waals surface area contributed by atoms with E-state index in [1.54, 1.807) is 44.4 Å². The molecule has 4 amide bonds. The molecule has 4 N–H and O–H groups in total. The highest BCUT2D eigenvalue weighted by atomic mass is 19.1. The number of amides is 4. The smallest absolute Gasteiger partial charge is 0.240 e. The minimum absolute atomic E-state index is 0. The van der Waals surface area contributed by atoms with Crippen molar-refractivity contribution in [1.82, 2.24) is 10.6 Å². The van der Waals surface area contributed by atoms with Crippen LogP contribution in [0.1, 0.15) is 66.4 Å². The van der Waals surface area contributed by atoms with Crippen LogP contribution in [-0.4, -0.2) is 37.7 Å². The van der Waals surface area contributed by atoms with Crippen LogP contribution in [0.3, 0.4) is 0 Å². The van der Waals surface area contributed by atoms with Crippen molar-refractivity contribution in [3.8, 4) is 0 Å². The summed E-state index contributed by atoms with van der Waals surface area (Å²) in [7, 11) is 3.11. The fourth-order valence-electron chi connectivity index (χ4n) is 4.30. The molecule has 0 spiro atoms. The summed E-state index contributed by atoms with van der Waals surface area (Å²) in [6, 6.07) is 36.6. The number of anilines is 2. The number of hydrogen-bond acceptors (Lipinski definition) is 4. The van der Waals surface area contributed by atoms with Crippen LogP contribution in [0, 0.1) is 23.6 Å². The monoisotopic (exact) mass is 700 g/mol. The number of nitrogens with one attached hydrogen (secondary N) is 4. The van der Waals surface area contributed by atoms with Crippen LogP contribution in [0.25, 0.3) is 0 Å². The van der Waals surface area contributed by atoms with Crippen molar-refractivity contribution in [3.63, 3.8) is 0 Å². The van der Waals surface area contributed by atoms with E-state index in [1.807, 2.05) is 113 Å². The first-order chi connectivity index (χ1) is 24.2. The molecule has 4 aromatic carbocycles. The summed E-state index contributed by atoms with van der Waals surface area (Å²) in [4.78, 5) is 47.1. The summed E-state index contributed by atoms with van der Waals surface area (Å²) in [5.74, 6) is -0.982. The molecule has 276 valence electrons. The van der Waals surface area contributed by atoms with Crippen molar-refractivity contribution in [2.75, 3.05) is 24.7 Å². The number of para-hydroxylation sites is 1. The Morgan fingerprint density at radius 3 is 1.06 bits per heavy atom. The zero-order valence-corrected chi connectivity index (χ0v) is 30.4.